The number of carbonyl (C=O) groups excluding carboxylic acids is 1. The molecule has 0 aliphatic heterocycles. The van der Waals surface area contributed by atoms with Crippen molar-refractivity contribution in [2.45, 2.75) is 64.1 Å². The number of alkyl halides is 5. The standard InChI is InChI=1S/C24H25F5N4O5/c1-10(24(2,3)35)37-17-9-33-21(32-19(17)20(26)27)12(8-30-33)11-5-15(36-4)18(16(6-11)38-23(28)29)22(34)31-14-7-13(14)25/h5-6,8-10,13-14,20,23,35H,7H2,1-4H3,(H,31,34)/t10?,13-,14+/m0/s1. The molecule has 2 aromatic heterocycles. The molecule has 1 unspecified atom stereocenters. The number of nitrogens with zero attached hydrogens (tertiary/aromatic N) is 3. The van der Waals surface area contributed by atoms with Gasteiger partial charge in [0.2, 0.25) is 0 Å². The molecule has 0 radical (unpaired) electrons. The van der Waals surface area contributed by atoms with Crippen LogP contribution in [0.15, 0.2) is 24.5 Å². The number of aromatic nitrogens is 3. The fraction of sp³-hybridized carbons (Fsp3) is 0.458. The van der Waals surface area contributed by atoms with E-state index in [0.717, 1.165) is 16.8 Å². The molecule has 9 nitrogen and oxygen atoms in total. The molecule has 4 rings (SSSR count). The van der Waals surface area contributed by atoms with E-state index < -0.39 is 54.3 Å². The zero-order valence-electron chi connectivity index (χ0n) is 20.7. The third-order valence-corrected chi connectivity index (χ3v) is 6.06. The molecule has 38 heavy (non-hydrogen) atoms. The fourth-order valence-electron chi connectivity index (χ4n) is 3.57. The molecule has 1 fully saturated rings. The van der Waals surface area contributed by atoms with Crippen LogP contribution in [0.2, 0.25) is 0 Å². The van der Waals surface area contributed by atoms with E-state index >= 15 is 0 Å². The SMILES string of the molecule is COc1cc(-c2cnn3cc(OC(C)C(C)(C)O)c(C(F)F)nc23)cc(OC(F)F)c1C(=O)N[C@@H]1C[C@@H]1F. The summed E-state index contributed by atoms with van der Waals surface area (Å²) < 4.78 is 84.1. The first-order chi connectivity index (χ1) is 17.8. The Labute approximate surface area is 213 Å². The van der Waals surface area contributed by atoms with Gasteiger partial charge >= 0.3 is 6.61 Å². The van der Waals surface area contributed by atoms with Gasteiger partial charge in [-0.25, -0.2) is 22.7 Å². The topological polar surface area (TPSA) is 107 Å². The zero-order chi connectivity index (χ0) is 27.9. The highest BCUT2D eigenvalue weighted by molar-refractivity contribution is 6.01. The quantitative estimate of drug-likeness (QED) is 0.366. The van der Waals surface area contributed by atoms with Crippen molar-refractivity contribution >= 4 is 11.6 Å². The van der Waals surface area contributed by atoms with Crippen molar-refractivity contribution in [1.82, 2.24) is 19.9 Å². The Morgan fingerprint density at radius 2 is 1.84 bits per heavy atom. The summed E-state index contributed by atoms with van der Waals surface area (Å²) in [4.78, 5) is 16.7. The smallest absolute Gasteiger partial charge is 0.387 e. The van der Waals surface area contributed by atoms with Crippen LogP contribution in [-0.2, 0) is 0 Å². The van der Waals surface area contributed by atoms with Crippen LogP contribution >= 0.6 is 0 Å². The van der Waals surface area contributed by atoms with E-state index in [-0.39, 0.29) is 40.3 Å². The van der Waals surface area contributed by atoms with Crippen molar-refractivity contribution in [2.75, 3.05) is 7.11 Å². The molecule has 0 spiro atoms. The number of benzene rings is 1. The van der Waals surface area contributed by atoms with E-state index in [1.807, 2.05) is 0 Å². The van der Waals surface area contributed by atoms with Crippen molar-refractivity contribution < 1.29 is 46.1 Å². The van der Waals surface area contributed by atoms with Crippen LogP contribution in [0, 0.1) is 0 Å². The minimum atomic E-state index is -3.32. The number of rotatable bonds is 10. The maximum Gasteiger partial charge on any atom is 0.387 e. The van der Waals surface area contributed by atoms with Gasteiger partial charge in [0.25, 0.3) is 12.3 Å². The Hall–Kier alpha value is -3.68. The van der Waals surface area contributed by atoms with Crippen LogP contribution < -0.4 is 19.5 Å². The highest BCUT2D eigenvalue weighted by Gasteiger charge is 2.40. The molecular weight excluding hydrogens is 519 g/mol. The summed E-state index contributed by atoms with van der Waals surface area (Å²) in [5, 5.41) is 16.6. The van der Waals surface area contributed by atoms with E-state index in [4.69, 9.17) is 9.47 Å². The van der Waals surface area contributed by atoms with Crippen LogP contribution in [0.1, 0.15) is 49.7 Å². The summed E-state index contributed by atoms with van der Waals surface area (Å²) >= 11 is 0. The largest absolute Gasteiger partial charge is 0.496 e. The minimum Gasteiger partial charge on any atom is -0.496 e. The Morgan fingerprint density at radius 3 is 2.39 bits per heavy atom. The van der Waals surface area contributed by atoms with Crippen LogP contribution in [0.4, 0.5) is 22.0 Å². The summed E-state index contributed by atoms with van der Waals surface area (Å²) in [6.45, 7) is 1.09. The van der Waals surface area contributed by atoms with E-state index in [2.05, 4.69) is 20.1 Å². The highest BCUT2D eigenvalue weighted by Crippen LogP contribution is 2.39. The van der Waals surface area contributed by atoms with Crippen molar-refractivity contribution in [3.63, 3.8) is 0 Å². The number of hydrogen-bond acceptors (Lipinski definition) is 7. The number of hydrogen-bond donors (Lipinski definition) is 2. The third kappa shape index (κ3) is 5.59. The van der Waals surface area contributed by atoms with E-state index in [1.54, 1.807) is 0 Å². The Morgan fingerprint density at radius 1 is 1.18 bits per heavy atom. The van der Waals surface area contributed by atoms with E-state index in [1.165, 1.54) is 40.1 Å². The number of carbonyl (C=O) groups is 1. The minimum absolute atomic E-state index is 0.0796. The Kier molecular flexibility index (Phi) is 7.37. The molecule has 2 heterocycles. The molecule has 1 saturated carbocycles. The average Bonchev–Trinajstić information content (AvgIpc) is 3.34. The average molecular weight is 544 g/mol. The lowest BCUT2D eigenvalue weighted by molar-refractivity contribution is -0.0502. The Bertz CT molecular complexity index is 1340. The maximum absolute atomic E-state index is 13.9. The second-order valence-corrected chi connectivity index (χ2v) is 9.29. The molecule has 2 N–H and O–H groups in total. The second-order valence-electron chi connectivity index (χ2n) is 9.29. The van der Waals surface area contributed by atoms with Crippen molar-refractivity contribution in [2.24, 2.45) is 0 Å². The number of nitrogens with one attached hydrogen (secondary N) is 1. The van der Waals surface area contributed by atoms with Gasteiger partial charge in [-0.05, 0) is 38.5 Å². The molecule has 3 atom stereocenters. The highest BCUT2D eigenvalue weighted by atomic mass is 19.3. The van der Waals surface area contributed by atoms with Crippen LogP contribution in [0.5, 0.6) is 17.2 Å². The van der Waals surface area contributed by atoms with E-state index in [9.17, 15) is 31.9 Å². The van der Waals surface area contributed by atoms with Crippen molar-refractivity contribution in [1.29, 1.82) is 0 Å². The summed E-state index contributed by atoms with van der Waals surface area (Å²) in [5.74, 6) is -1.95. The molecule has 206 valence electrons. The lowest BCUT2D eigenvalue weighted by Crippen LogP contribution is -2.38. The van der Waals surface area contributed by atoms with Crippen LogP contribution in [-0.4, -0.2) is 63.3 Å². The molecule has 0 saturated heterocycles. The number of methoxy groups -OCH3 is 1. The first kappa shape index (κ1) is 27.4. The van der Waals surface area contributed by atoms with Crippen molar-refractivity contribution in [3.05, 3.63) is 35.8 Å². The number of ether oxygens (including phenoxy) is 3. The maximum atomic E-state index is 13.9. The van der Waals surface area contributed by atoms with Gasteiger partial charge in [0, 0.05) is 12.0 Å². The fourth-order valence-corrected chi connectivity index (χ4v) is 3.57. The van der Waals surface area contributed by atoms with Gasteiger partial charge in [-0.2, -0.15) is 13.9 Å². The van der Waals surface area contributed by atoms with E-state index in [0.29, 0.717) is 0 Å². The predicted molar refractivity (Wildman–Crippen MR) is 124 cm³/mol. The molecule has 1 aromatic carbocycles. The van der Waals surface area contributed by atoms with Gasteiger partial charge in [0.15, 0.2) is 17.1 Å². The number of halogens is 5. The van der Waals surface area contributed by atoms with Gasteiger partial charge < -0.3 is 24.6 Å². The molecule has 3 aromatic rings. The monoisotopic (exact) mass is 544 g/mol. The summed E-state index contributed by atoms with van der Waals surface area (Å²) in [7, 11) is 1.19. The summed E-state index contributed by atoms with van der Waals surface area (Å²) in [6.07, 6.45) is -2.68. The Balaban J connectivity index is 1.81. The summed E-state index contributed by atoms with van der Waals surface area (Å²) in [6, 6.07) is 1.64. The second kappa shape index (κ2) is 10.2. The lowest BCUT2D eigenvalue weighted by atomic mass is 10.0. The molecule has 0 bridgehead atoms. The number of aliphatic hydroxyl groups is 1. The third-order valence-electron chi connectivity index (χ3n) is 6.06. The van der Waals surface area contributed by atoms with Gasteiger partial charge in [-0.3, -0.25) is 4.79 Å². The van der Waals surface area contributed by atoms with Crippen LogP contribution in [0.3, 0.4) is 0 Å². The molecule has 1 aliphatic rings. The van der Waals surface area contributed by atoms with Gasteiger partial charge in [0.05, 0.1) is 31.1 Å². The predicted octanol–water partition coefficient (Wildman–Crippen LogP) is 4.32. The van der Waals surface area contributed by atoms with Crippen molar-refractivity contribution in [3.8, 4) is 28.4 Å². The number of amides is 1. The van der Waals surface area contributed by atoms with Crippen LogP contribution in [0.25, 0.3) is 16.8 Å². The molecule has 1 amide bonds. The van der Waals surface area contributed by atoms with Gasteiger partial charge in [-0.15, -0.1) is 0 Å². The number of fused-ring (bicyclic) bond motifs is 1. The first-order valence-corrected chi connectivity index (χ1v) is 11.5. The molecule has 14 heteroatoms. The molecular formula is C24H25F5N4O5. The summed E-state index contributed by atoms with van der Waals surface area (Å²) in [5.41, 5.74) is -2.30. The van der Waals surface area contributed by atoms with Gasteiger partial charge in [-0.1, -0.05) is 0 Å². The normalized spacial score (nSPS) is 18.1. The van der Waals surface area contributed by atoms with Gasteiger partial charge in [0.1, 0.15) is 29.3 Å². The lowest BCUT2D eigenvalue weighted by Gasteiger charge is -2.27. The first-order valence-electron chi connectivity index (χ1n) is 11.5. The molecule has 1 aliphatic carbocycles. The zero-order valence-corrected chi connectivity index (χ0v) is 20.7.